The second-order valence-corrected chi connectivity index (χ2v) is 6.08. The van der Waals surface area contributed by atoms with E-state index in [1.807, 2.05) is 31.2 Å². The van der Waals surface area contributed by atoms with Crippen LogP contribution in [0.3, 0.4) is 0 Å². The van der Waals surface area contributed by atoms with Crippen molar-refractivity contribution < 1.29 is 9.84 Å². The normalized spacial score (nSPS) is 22.2. The van der Waals surface area contributed by atoms with Gasteiger partial charge in [0.1, 0.15) is 11.9 Å². The molecule has 3 rings (SSSR count). The van der Waals surface area contributed by atoms with Crippen LogP contribution in [-0.4, -0.2) is 11.2 Å². The predicted octanol–water partition coefficient (Wildman–Crippen LogP) is 4.37. The van der Waals surface area contributed by atoms with E-state index in [1.54, 1.807) is 0 Å². The number of aliphatic hydroxyl groups excluding tert-OH is 1. The predicted molar refractivity (Wildman–Crippen MR) is 84.6 cm³/mol. The molecule has 1 aliphatic rings. The SMILES string of the molecule is Cc1ccc2c(c1)[C@@H](O)CC(CC(C)c1ccccc1)O2. The molecule has 2 nitrogen and oxygen atoms in total. The summed E-state index contributed by atoms with van der Waals surface area (Å²) < 4.78 is 6.09. The van der Waals surface area contributed by atoms with Gasteiger partial charge in [0.05, 0.1) is 6.10 Å². The summed E-state index contributed by atoms with van der Waals surface area (Å²) in [6.45, 7) is 4.26. The van der Waals surface area contributed by atoms with Gasteiger partial charge in [0.2, 0.25) is 0 Å². The summed E-state index contributed by atoms with van der Waals surface area (Å²) in [4.78, 5) is 0. The number of aryl methyl sites for hydroxylation is 1. The first kappa shape index (κ1) is 14.2. The Kier molecular flexibility index (Phi) is 3.98. The molecular weight excluding hydrogens is 260 g/mol. The molecule has 0 bridgehead atoms. The number of rotatable bonds is 3. The van der Waals surface area contributed by atoms with Crippen molar-refractivity contribution in [2.24, 2.45) is 0 Å². The molecule has 0 aromatic heterocycles. The summed E-state index contributed by atoms with van der Waals surface area (Å²) in [7, 11) is 0. The lowest BCUT2D eigenvalue weighted by molar-refractivity contribution is 0.0589. The van der Waals surface area contributed by atoms with E-state index >= 15 is 0 Å². The van der Waals surface area contributed by atoms with Crippen molar-refractivity contribution in [3.63, 3.8) is 0 Å². The molecule has 0 spiro atoms. The number of hydrogen-bond acceptors (Lipinski definition) is 2. The summed E-state index contributed by atoms with van der Waals surface area (Å²) >= 11 is 0. The van der Waals surface area contributed by atoms with Crippen molar-refractivity contribution >= 4 is 0 Å². The van der Waals surface area contributed by atoms with Crippen molar-refractivity contribution in [1.82, 2.24) is 0 Å². The van der Waals surface area contributed by atoms with Crippen LogP contribution >= 0.6 is 0 Å². The van der Waals surface area contributed by atoms with E-state index in [4.69, 9.17) is 4.74 Å². The Balaban J connectivity index is 1.73. The molecule has 2 aromatic carbocycles. The quantitative estimate of drug-likeness (QED) is 0.905. The molecule has 110 valence electrons. The Morgan fingerprint density at radius 2 is 1.95 bits per heavy atom. The Morgan fingerprint density at radius 3 is 2.71 bits per heavy atom. The van der Waals surface area contributed by atoms with Crippen LogP contribution in [0.5, 0.6) is 5.75 Å². The highest BCUT2D eigenvalue weighted by Crippen LogP contribution is 2.38. The van der Waals surface area contributed by atoms with Gasteiger partial charge in [-0.05, 0) is 37.0 Å². The monoisotopic (exact) mass is 282 g/mol. The van der Waals surface area contributed by atoms with Crippen molar-refractivity contribution in [2.75, 3.05) is 0 Å². The fraction of sp³-hybridized carbons (Fsp3) is 0.368. The molecule has 0 aliphatic carbocycles. The Labute approximate surface area is 126 Å². The van der Waals surface area contributed by atoms with E-state index in [-0.39, 0.29) is 6.10 Å². The molecular formula is C19H22O2. The van der Waals surface area contributed by atoms with Gasteiger partial charge in [-0.3, -0.25) is 0 Å². The molecule has 1 heterocycles. The molecule has 2 unspecified atom stereocenters. The molecule has 1 N–H and O–H groups in total. The zero-order chi connectivity index (χ0) is 14.8. The minimum absolute atomic E-state index is 0.0745. The van der Waals surface area contributed by atoms with Gasteiger partial charge in [-0.15, -0.1) is 0 Å². The molecule has 2 aromatic rings. The summed E-state index contributed by atoms with van der Waals surface area (Å²) in [6, 6.07) is 16.5. The van der Waals surface area contributed by atoms with Crippen LogP contribution in [0.4, 0.5) is 0 Å². The van der Waals surface area contributed by atoms with Crippen LogP contribution in [0.15, 0.2) is 48.5 Å². The maximum Gasteiger partial charge on any atom is 0.125 e. The van der Waals surface area contributed by atoms with E-state index < -0.39 is 6.10 Å². The number of fused-ring (bicyclic) bond motifs is 1. The summed E-state index contributed by atoms with van der Waals surface area (Å²) in [5.74, 6) is 1.26. The molecule has 0 amide bonds. The molecule has 0 saturated heterocycles. The largest absolute Gasteiger partial charge is 0.490 e. The highest BCUT2D eigenvalue weighted by Gasteiger charge is 2.28. The Bertz CT molecular complexity index is 606. The summed E-state index contributed by atoms with van der Waals surface area (Å²) in [6.07, 6.45) is 1.26. The van der Waals surface area contributed by atoms with Gasteiger partial charge in [-0.25, -0.2) is 0 Å². The van der Waals surface area contributed by atoms with Crippen LogP contribution < -0.4 is 4.74 Å². The van der Waals surface area contributed by atoms with E-state index in [0.717, 1.165) is 23.3 Å². The highest BCUT2D eigenvalue weighted by molar-refractivity contribution is 5.40. The van der Waals surface area contributed by atoms with Gasteiger partial charge < -0.3 is 9.84 Å². The second-order valence-electron chi connectivity index (χ2n) is 6.08. The van der Waals surface area contributed by atoms with Crippen molar-refractivity contribution in [1.29, 1.82) is 0 Å². The van der Waals surface area contributed by atoms with Crippen LogP contribution in [-0.2, 0) is 0 Å². The van der Waals surface area contributed by atoms with E-state index in [0.29, 0.717) is 12.3 Å². The molecule has 0 radical (unpaired) electrons. The van der Waals surface area contributed by atoms with Crippen molar-refractivity contribution in [3.05, 3.63) is 65.2 Å². The zero-order valence-corrected chi connectivity index (χ0v) is 12.6. The van der Waals surface area contributed by atoms with Crippen LogP contribution in [0, 0.1) is 6.92 Å². The molecule has 0 fully saturated rings. The Hall–Kier alpha value is -1.80. The maximum atomic E-state index is 10.4. The smallest absolute Gasteiger partial charge is 0.125 e. The number of ether oxygens (including phenoxy) is 1. The van der Waals surface area contributed by atoms with Gasteiger partial charge in [0.25, 0.3) is 0 Å². The summed E-state index contributed by atoms with van der Waals surface area (Å²) in [5.41, 5.74) is 3.41. The highest BCUT2D eigenvalue weighted by atomic mass is 16.5. The lowest BCUT2D eigenvalue weighted by Gasteiger charge is -2.31. The topological polar surface area (TPSA) is 29.5 Å². The summed E-state index contributed by atoms with van der Waals surface area (Å²) in [5, 5.41) is 10.4. The lowest BCUT2D eigenvalue weighted by Crippen LogP contribution is -2.27. The first-order valence-electron chi connectivity index (χ1n) is 7.63. The third-order valence-corrected chi connectivity index (χ3v) is 4.29. The van der Waals surface area contributed by atoms with Crippen molar-refractivity contribution in [2.45, 2.75) is 44.8 Å². The Morgan fingerprint density at radius 1 is 1.19 bits per heavy atom. The molecule has 2 heteroatoms. The first-order valence-corrected chi connectivity index (χ1v) is 7.63. The lowest BCUT2D eigenvalue weighted by atomic mass is 9.89. The number of benzene rings is 2. The van der Waals surface area contributed by atoms with Gasteiger partial charge in [-0.1, -0.05) is 48.9 Å². The van der Waals surface area contributed by atoms with Gasteiger partial charge in [-0.2, -0.15) is 0 Å². The molecule has 0 saturated carbocycles. The van der Waals surface area contributed by atoms with Crippen LogP contribution in [0.25, 0.3) is 0 Å². The van der Waals surface area contributed by atoms with Crippen LogP contribution in [0.2, 0.25) is 0 Å². The van der Waals surface area contributed by atoms with E-state index in [2.05, 4.69) is 31.2 Å². The number of hydrogen-bond donors (Lipinski definition) is 1. The zero-order valence-electron chi connectivity index (χ0n) is 12.6. The minimum Gasteiger partial charge on any atom is -0.490 e. The van der Waals surface area contributed by atoms with Gasteiger partial charge in [0.15, 0.2) is 0 Å². The van der Waals surface area contributed by atoms with Gasteiger partial charge in [0, 0.05) is 12.0 Å². The fourth-order valence-corrected chi connectivity index (χ4v) is 3.10. The third-order valence-electron chi connectivity index (χ3n) is 4.29. The maximum absolute atomic E-state index is 10.4. The van der Waals surface area contributed by atoms with E-state index in [9.17, 15) is 5.11 Å². The molecule has 1 aliphatic heterocycles. The van der Waals surface area contributed by atoms with E-state index in [1.165, 1.54) is 5.56 Å². The average molecular weight is 282 g/mol. The minimum atomic E-state index is -0.415. The average Bonchev–Trinajstić information content (AvgIpc) is 2.49. The third kappa shape index (κ3) is 3.11. The van der Waals surface area contributed by atoms with Gasteiger partial charge >= 0.3 is 0 Å². The fourth-order valence-electron chi connectivity index (χ4n) is 3.10. The first-order chi connectivity index (χ1) is 10.1. The number of aliphatic hydroxyl groups is 1. The molecule has 3 atom stereocenters. The van der Waals surface area contributed by atoms with Crippen LogP contribution in [0.1, 0.15) is 48.5 Å². The van der Waals surface area contributed by atoms with Crippen molar-refractivity contribution in [3.8, 4) is 5.75 Å². The standard InChI is InChI=1S/C19H22O2/c1-13-8-9-19-17(10-13)18(20)12-16(21-19)11-14(2)15-6-4-3-5-7-15/h3-10,14,16,18,20H,11-12H2,1-2H3/t14?,16?,18-/m0/s1. The second kappa shape index (κ2) is 5.90. The molecule has 21 heavy (non-hydrogen) atoms.